The van der Waals surface area contributed by atoms with E-state index in [4.69, 9.17) is 4.74 Å². The number of morpholine rings is 1. The fourth-order valence-corrected chi connectivity index (χ4v) is 4.26. The summed E-state index contributed by atoms with van der Waals surface area (Å²) in [5, 5.41) is 2.96. The number of benzene rings is 1. The number of anilines is 2. The highest BCUT2D eigenvalue weighted by Crippen LogP contribution is 2.30. The molecule has 0 aromatic heterocycles. The van der Waals surface area contributed by atoms with Gasteiger partial charge in [0.25, 0.3) is 0 Å². The molecule has 28 heavy (non-hydrogen) atoms. The normalized spacial score (nSPS) is 22.8. The molecule has 154 valence electrons. The number of carbonyl (C=O) groups excluding carboxylic acids is 1. The summed E-state index contributed by atoms with van der Waals surface area (Å²) in [6.45, 7) is 6.33. The Kier molecular flexibility index (Phi) is 6.01. The molecule has 3 aliphatic rings. The van der Waals surface area contributed by atoms with Crippen LogP contribution in [0.4, 0.5) is 20.6 Å². The van der Waals surface area contributed by atoms with Crippen LogP contribution < -0.4 is 10.2 Å². The van der Waals surface area contributed by atoms with E-state index < -0.39 is 0 Å². The van der Waals surface area contributed by atoms with Crippen molar-refractivity contribution in [2.24, 2.45) is 11.8 Å². The van der Waals surface area contributed by atoms with E-state index in [1.54, 1.807) is 12.1 Å². The maximum absolute atomic E-state index is 14.2. The molecule has 3 fully saturated rings. The number of halogens is 1. The second-order valence-corrected chi connectivity index (χ2v) is 8.46. The highest BCUT2D eigenvalue weighted by Gasteiger charge is 2.29. The van der Waals surface area contributed by atoms with Crippen LogP contribution in [-0.2, 0) is 4.74 Å². The monoisotopic (exact) mass is 390 g/mol. The third kappa shape index (κ3) is 4.94. The van der Waals surface area contributed by atoms with Crippen LogP contribution in [0.1, 0.15) is 19.3 Å². The number of urea groups is 1. The van der Waals surface area contributed by atoms with Crippen molar-refractivity contribution in [3.05, 3.63) is 24.0 Å². The SMILES string of the molecule is CN(CC1CC1)CC1CCN(C(=O)Nc2ccc(F)c(N3CCOCC3)c2)C1. The lowest BCUT2D eigenvalue weighted by molar-refractivity contribution is 0.122. The van der Waals surface area contributed by atoms with Crippen LogP contribution in [0.5, 0.6) is 0 Å². The number of ether oxygens (including phenoxy) is 1. The highest BCUT2D eigenvalue weighted by atomic mass is 19.1. The van der Waals surface area contributed by atoms with Gasteiger partial charge in [-0.05, 0) is 56.3 Å². The van der Waals surface area contributed by atoms with Crippen molar-refractivity contribution in [2.75, 3.05) is 69.7 Å². The van der Waals surface area contributed by atoms with Crippen molar-refractivity contribution < 1.29 is 13.9 Å². The quantitative estimate of drug-likeness (QED) is 0.812. The number of rotatable bonds is 6. The van der Waals surface area contributed by atoms with E-state index in [1.165, 1.54) is 25.5 Å². The Bertz CT molecular complexity index is 691. The molecule has 1 unspecified atom stereocenters. The average Bonchev–Trinajstić information content (AvgIpc) is 3.38. The maximum atomic E-state index is 14.2. The van der Waals surface area contributed by atoms with Crippen LogP contribution in [0.15, 0.2) is 18.2 Å². The summed E-state index contributed by atoms with van der Waals surface area (Å²) in [5.41, 5.74) is 1.17. The Morgan fingerprint density at radius 3 is 2.68 bits per heavy atom. The molecule has 4 rings (SSSR count). The van der Waals surface area contributed by atoms with Gasteiger partial charge in [0.15, 0.2) is 0 Å². The van der Waals surface area contributed by atoms with E-state index in [9.17, 15) is 9.18 Å². The van der Waals surface area contributed by atoms with Crippen molar-refractivity contribution in [1.29, 1.82) is 0 Å². The summed E-state index contributed by atoms with van der Waals surface area (Å²) >= 11 is 0. The highest BCUT2D eigenvalue weighted by molar-refractivity contribution is 5.90. The third-order valence-corrected chi connectivity index (χ3v) is 5.96. The molecule has 1 aromatic carbocycles. The Hall–Kier alpha value is -1.86. The Balaban J connectivity index is 1.31. The fraction of sp³-hybridized carbons (Fsp3) is 0.667. The van der Waals surface area contributed by atoms with Crippen molar-refractivity contribution >= 4 is 17.4 Å². The summed E-state index contributed by atoms with van der Waals surface area (Å²) in [6, 6.07) is 4.70. The summed E-state index contributed by atoms with van der Waals surface area (Å²) in [6.07, 6.45) is 3.78. The lowest BCUT2D eigenvalue weighted by Gasteiger charge is -2.29. The van der Waals surface area contributed by atoms with Gasteiger partial charge in [0.2, 0.25) is 0 Å². The van der Waals surface area contributed by atoms with Gasteiger partial charge in [0.1, 0.15) is 5.82 Å². The van der Waals surface area contributed by atoms with Crippen molar-refractivity contribution in [2.45, 2.75) is 19.3 Å². The molecule has 1 aromatic rings. The summed E-state index contributed by atoms with van der Waals surface area (Å²) in [5.74, 6) is 1.16. The smallest absolute Gasteiger partial charge is 0.321 e. The largest absolute Gasteiger partial charge is 0.378 e. The van der Waals surface area contributed by atoms with E-state index in [2.05, 4.69) is 17.3 Å². The minimum absolute atomic E-state index is 0.0909. The minimum atomic E-state index is -0.264. The first-order chi connectivity index (χ1) is 13.6. The van der Waals surface area contributed by atoms with Gasteiger partial charge < -0.3 is 24.8 Å². The van der Waals surface area contributed by atoms with Gasteiger partial charge in [0.05, 0.1) is 18.9 Å². The molecule has 1 saturated carbocycles. The van der Waals surface area contributed by atoms with Gasteiger partial charge >= 0.3 is 6.03 Å². The average molecular weight is 391 g/mol. The summed E-state index contributed by atoms with van der Waals surface area (Å²) < 4.78 is 19.6. The Morgan fingerprint density at radius 2 is 1.93 bits per heavy atom. The zero-order valence-corrected chi connectivity index (χ0v) is 16.7. The van der Waals surface area contributed by atoms with Crippen molar-refractivity contribution in [1.82, 2.24) is 9.80 Å². The molecule has 2 heterocycles. The predicted molar refractivity (Wildman–Crippen MR) is 108 cm³/mol. The molecule has 0 radical (unpaired) electrons. The topological polar surface area (TPSA) is 48.0 Å². The first kappa shape index (κ1) is 19.5. The zero-order chi connectivity index (χ0) is 19.5. The summed E-state index contributed by atoms with van der Waals surface area (Å²) in [7, 11) is 2.19. The number of nitrogens with one attached hydrogen (secondary N) is 1. The number of amides is 2. The van der Waals surface area contributed by atoms with E-state index in [-0.39, 0.29) is 11.8 Å². The molecule has 7 heteroatoms. The number of carbonyl (C=O) groups is 1. The molecule has 1 aliphatic carbocycles. The minimum Gasteiger partial charge on any atom is -0.378 e. The number of likely N-dealkylation sites (tertiary alicyclic amines) is 1. The molecular formula is C21H31FN4O2. The standard InChI is InChI=1S/C21H31FN4O2/c1-24(13-16-2-3-16)14-17-6-7-26(15-17)21(27)23-18-4-5-19(22)20(12-18)25-8-10-28-11-9-25/h4-5,12,16-17H,2-3,6-11,13-15H2,1H3,(H,23,27). The molecule has 1 atom stereocenters. The van der Waals surface area contributed by atoms with E-state index in [1.807, 2.05) is 9.80 Å². The van der Waals surface area contributed by atoms with Crippen LogP contribution in [0.3, 0.4) is 0 Å². The number of nitrogens with zero attached hydrogens (tertiary/aromatic N) is 3. The summed E-state index contributed by atoms with van der Waals surface area (Å²) in [4.78, 5) is 18.9. The first-order valence-electron chi connectivity index (χ1n) is 10.4. The van der Waals surface area contributed by atoms with Crippen LogP contribution in [0, 0.1) is 17.7 Å². The van der Waals surface area contributed by atoms with Crippen molar-refractivity contribution in [3.8, 4) is 0 Å². The Morgan fingerprint density at radius 1 is 1.18 bits per heavy atom. The lowest BCUT2D eigenvalue weighted by Crippen LogP contribution is -2.37. The third-order valence-electron chi connectivity index (χ3n) is 5.96. The van der Waals surface area contributed by atoms with Crippen LogP contribution in [-0.4, -0.2) is 75.4 Å². The van der Waals surface area contributed by atoms with E-state index in [0.29, 0.717) is 43.6 Å². The molecular weight excluding hydrogens is 359 g/mol. The van der Waals surface area contributed by atoms with Gasteiger partial charge in [-0.3, -0.25) is 0 Å². The molecule has 2 aliphatic heterocycles. The molecule has 2 saturated heterocycles. The molecule has 2 amide bonds. The van der Waals surface area contributed by atoms with Crippen LogP contribution >= 0.6 is 0 Å². The van der Waals surface area contributed by atoms with Gasteiger partial charge in [-0.15, -0.1) is 0 Å². The van der Waals surface area contributed by atoms with Crippen molar-refractivity contribution in [3.63, 3.8) is 0 Å². The van der Waals surface area contributed by atoms with Gasteiger partial charge in [-0.2, -0.15) is 0 Å². The van der Waals surface area contributed by atoms with Crippen LogP contribution in [0.2, 0.25) is 0 Å². The van der Waals surface area contributed by atoms with Gasteiger partial charge in [-0.1, -0.05) is 0 Å². The van der Waals surface area contributed by atoms with Gasteiger partial charge in [0, 0.05) is 45.0 Å². The second-order valence-electron chi connectivity index (χ2n) is 8.46. The lowest BCUT2D eigenvalue weighted by atomic mass is 10.1. The number of hydrogen-bond donors (Lipinski definition) is 1. The Labute approximate surface area is 166 Å². The second kappa shape index (κ2) is 8.66. The van der Waals surface area contributed by atoms with Crippen LogP contribution in [0.25, 0.3) is 0 Å². The maximum Gasteiger partial charge on any atom is 0.321 e. The fourth-order valence-electron chi connectivity index (χ4n) is 4.26. The van der Waals surface area contributed by atoms with Gasteiger partial charge in [-0.25, -0.2) is 9.18 Å². The van der Waals surface area contributed by atoms with E-state index in [0.717, 1.165) is 32.0 Å². The zero-order valence-electron chi connectivity index (χ0n) is 16.7. The first-order valence-corrected chi connectivity index (χ1v) is 10.4. The molecule has 0 bridgehead atoms. The van der Waals surface area contributed by atoms with E-state index >= 15 is 0 Å². The molecule has 1 N–H and O–H groups in total. The molecule has 6 nitrogen and oxygen atoms in total. The predicted octanol–water partition coefficient (Wildman–Crippen LogP) is 2.86. The number of hydrogen-bond acceptors (Lipinski definition) is 4. The molecule has 0 spiro atoms.